The van der Waals surface area contributed by atoms with E-state index < -0.39 is 11.7 Å². The van der Waals surface area contributed by atoms with Crippen LogP contribution in [0.3, 0.4) is 0 Å². The maximum absolute atomic E-state index is 14.4. The van der Waals surface area contributed by atoms with E-state index in [1.54, 1.807) is 24.3 Å². The molecule has 3 aromatic rings. The Labute approximate surface area is 164 Å². The molecule has 0 saturated carbocycles. The lowest BCUT2D eigenvalue weighted by molar-refractivity contribution is -0.117. The number of benzene rings is 2. The van der Waals surface area contributed by atoms with Crippen molar-refractivity contribution >= 4 is 34.8 Å². The number of carbonyl (C=O) groups excluding carboxylic acids is 2. The smallest absolute Gasteiger partial charge is 0.294 e. The maximum Gasteiger partial charge on any atom is 0.294 e. The zero-order valence-corrected chi connectivity index (χ0v) is 15.4. The summed E-state index contributed by atoms with van der Waals surface area (Å²) in [5.74, 6) is -1.27. The summed E-state index contributed by atoms with van der Waals surface area (Å²) in [6.45, 7) is 0.492. The van der Waals surface area contributed by atoms with Gasteiger partial charge in [-0.05, 0) is 36.8 Å². The molecule has 1 saturated heterocycles. The van der Waals surface area contributed by atoms with Gasteiger partial charge in [0.25, 0.3) is 5.91 Å². The zero-order chi connectivity index (χ0) is 19.7. The van der Waals surface area contributed by atoms with Crippen LogP contribution in [0.5, 0.6) is 0 Å². The minimum Gasteiger partial charge on any atom is -0.350 e. The molecule has 8 heteroatoms. The molecule has 0 unspecified atom stereocenters. The van der Waals surface area contributed by atoms with Crippen molar-refractivity contribution in [2.45, 2.75) is 12.8 Å². The summed E-state index contributed by atoms with van der Waals surface area (Å²) >= 11 is 5.96. The highest BCUT2D eigenvalue weighted by Crippen LogP contribution is 2.27. The summed E-state index contributed by atoms with van der Waals surface area (Å²) in [6.07, 6.45) is 1.12. The third-order valence-corrected chi connectivity index (χ3v) is 4.66. The highest BCUT2D eigenvalue weighted by molar-refractivity contribution is 6.30. The molecular weight excluding hydrogens is 385 g/mol. The number of hydrogen-bond acceptors (Lipinski definition) is 4. The van der Waals surface area contributed by atoms with Crippen molar-refractivity contribution in [1.82, 2.24) is 5.16 Å². The minimum atomic E-state index is -0.578. The number of rotatable bonds is 4. The SMILES string of the molecule is O=C(Nc1ccc(N2CCCC2=O)c(F)c1)c1cc(-c2cccc(Cl)c2)no1. The maximum atomic E-state index is 14.4. The number of nitrogens with zero attached hydrogens (tertiary/aromatic N) is 2. The quantitative estimate of drug-likeness (QED) is 0.700. The Balaban J connectivity index is 1.50. The van der Waals surface area contributed by atoms with E-state index in [0.29, 0.717) is 35.7 Å². The molecule has 142 valence electrons. The van der Waals surface area contributed by atoms with E-state index in [4.69, 9.17) is 16.1 Å². The second-order valence-corrected chi connectivity index (χ2v) is 6.79. The molecule has 1 N–H and O–H groups in total. The van der Waals surface area contributed by atoms with E-state index in [-0.39, 0.29) is 23.0 Å². The van der Waals surface area contributed by atoms with Gasteiger partial charge in [-0.3, -0.25) is 9.59 Å². The molecule has 1 fully saturated rings. The van der Waals surface area contributed by atoms with E-state index in [2.05, 4.69) is 10.5 Å². The van der Waals surface area contributed by atoms with Gasteiger partial charge >= 0.3 is 0 Å². The lowest BCUT2D eigenvalue weighted by Crippen LogP contribution is -2.24. The van der Waals surface area contributed by atoms with Gasteiger partial charge in [-0.15, -0.1) is 0 Å². The molecule has 1 aliphatic heterocycles. The standard InChI is InChI=1S/C20H15ClFN3O3/c21-13-4-1-3-12(9-13)16-11-18(28-24-16)20(27)23-14-6-7-17(15(22)10-14)25-8-2-5-19(25)26/h1,3-4,6-7,9-11H,2,5,8H2,(H,23,27). The number of halogens is 2. The number of hydrogen-bond donors (Lipinski definition) is 1. The van der Waals surface area contributed by atoms with Gasteiger partial charge in [-0.1, -0.05) is 28.9 Å². The van der Waals surface area contributed by atoms with Gasteiger partial charge in [-0.25, -0.2) is 4.39 Å². The predicted octanol–water partition coefficient (Wildman–Crippen LogP) is 4.51. The number of anilines is 2. The van der Waals surface area contributed by atoms with Gasteiger partial charge in [0.2, 0.25) is 11.7 Å². The van der Waals surface area contributed by atoms with Crippen molar-refractivity contribution in [3.63, 3.8) is 0 Å². The molecule has 2 amide bonds. The first-order valence-corrected chi connectivity index (χ1v) is 9.03. The zero-order valence-electron chi connectivity index (χ0n) is 14.6. The highest BCUT2D eigenvalue weighted by atomic mass is 35.5. The normalized spacial score (nSPS) is 13.8. The summed E-state index contributed by atoms with van der Waals surface area (Å²) in [5, 5.41) is 6.97. The first-order chi connectivity index (χ1) is 13.5. The minimum absolute atomic E-state index is 0.0193. The van der Waals surface area contributed by atoms with Crippen molar-refractivity contribution in [2.75, 3.05) is 16.8 Å². The van der Waals surface area contributed by atoms with E-state index in [0.717, 1.165) is 0 Å². The van der Waals surface area contributed by atoms with Gasteiger partial charge in [0.05, 0.1) is 5.69 Å². The molecule has 0 aliphatic carbocycles. The average Bonchev–Trinajstić information content (AvgIpc) is 3.31. The predicted molar refractivity (Wildman–Crippen MR) is 103 cm³/mol. The molecule has 2 heterocycles. The van der Waals surface area contributed by atoms with Crippen LogP contribution in [-0.4, -0.2) is 23.5 Å². The number of carbonyl (C=O) groups is 2. The number of nitrogens with one attached hydrogen (secondary N) is 1. The van der Waals surface area contributed by atoms with Crippen molar-refractivity contribution in [1.29, 1.82) is 0 Å². The molecule has 0 atom stereocenters. The third kappa shape index (κ3) is 3.61. The summed E-state index contributed by atoms with van der Waals surface area (Å²) in [6, 6.07) is 12.7. The third-order valence-electron chi connectivity index (χ3n) is 4.42. The van der Waals surface area contributed by atoms with E-state index >= 15 is 0 Å². The molecule has 1 aliphatic rings. The van der Waals surface area contributed by atoms with Crippen LogP contribution in [-0.2, 0) is 4.79 Å². The molecule has 28 heavy (non-hydrogen) atoms. The second kappa shape index (κ2) is 7.44. The molecular formula is C20H15ClFN3O3. The Morgan fingerprint density at radius 3 is 2.79 bits per heavy atom. The summed E-state index contributed by atoms with van der Waals surface area (Å²) in [7, 11) is 0. The number of amides is 2. The Kier molecular flexibility index (Phi) is 4.83. The Morgan fingerprint density at radius 2 is 2.07 bits per heavy atom. The van der Waals surface area contributed by atoms with Gasteiger partial charge in [0.1, 0.15) is 11.5 Å². The van der Waals surface area contributed by atoms with E-state index in [1.165, 1.54) is 29.2 Å². The van der Waals surface area contributed by atoms with Gasteiger partial charge in [0, 0.05) is 35.3 Å². The van der Waals surface area contributed by atoms with E-state index in [9.17, 15) is 14.0 Å². The topological polar surface area (TPSA) is 75.4 Å². The molecule has 4 rings (SSSR count). The fourth-order valence-corrected chi connectivity index (χ4v) is 3.26. The van der Waals surface area contributed by atoms with Crippen LogP contribution in [0.2, 0.25) is 5.02 Å². The van der Waals surface area contributed by atoms with Crippen molar-refractivity contribution in [3.05, 3.63) is 65.1 Å². The fraction of sp³-hybridized carbons (Fsp3) is 0.150. The van der Waals surface area contributed by atoms with E-state index in [1.807, 2.05) is 0 Å². The largest absolute Gasteiger partial charge is 0.350 e. The lowest BCUT2D eigenvalue weighted by atomic mass is 10.1. The molecule has 0 bridgehead atoms. The van der Waals surface area contributed by atoms with Gasteiger partial charge < -0.3 is 14.7 Å². The fourth-order valence-electron chi connectivity index (χ4n) is 3.07. The number of aromatic nitrogens is 1. The summed E-state index contributed by atoms with van der Waals surface area (Å²) in [5.41, 5.74) is 1.63. The van der Waals surface area contributed by atoms with Crippen molar-refractivity contribution < 1.29 is 18.5 Å². The van der Waals surface area contributed by atoms with Crippen LogP contribution >= 0.6 is 11.6 Å². The first kappa shape index (κ1) is 18.2. The summed E-state index contributed by atoms with van der Waals surface area (Å²) < 4.78 is 19.5. The van der Waals surface area contributed by atoms with Gasteiger partial charge in [0.15, 0.2) is 0 Å². The van der Waals surface area contributed by atoms with Crippen LogP contribution in [0, 0.1) is 5.82 Å². The van der Waals surface area contributed by atoms with Crippen LogP contribution < -0.4 is 10.2 Å². The second-order valence-electron chi connectivity index (χ2n) is 6.36. The summed E-state index contributed by atoms with van der Waals surface area (Å²) in [4.78, 5) is 25.6. The Bertz CT molecular complexity index is 1070. The molecule has 0 radical (unpaired) electrons. The molecule has 1 aromatic heterocycles. The van der Waals surface area contributed by atoms with Crippen LogP contribution in [0.25, 0.3) is 11.3 Å². The Morgan fingerprint density at radius 1 is 1.21 bits per heavy atom. The molecule has 6 nitrogen and oxygen atoms in total. The monoisotopic (exact) mass is 399 g/mol. The lowest BCUT2D eigenvalue weighted by Gasteiger charge is -2.17. The Hall–Kier alpha value is -3.19. The van der Waals surface area contributed by atoms with Crippen LogP contribution in [0.4, 0.5) is 15.8 Å². The average molecular weight is 400 g/mol. The van der Waals surface area contributed by atoms with Crippen molar-refractivity contribution in [2.24, 2.45) is 0 Å². The highest BCUT2D eigenvalue weighted by Gasteiger charge is 2.24. The molecule has 0 spiro atoms. The first-order valence-electron chi connectivity index (χ1n) is 8.65. The molecule has 2 aromatic carbocycles. The van der Waals surface area contributed by atoms with Crippen LogP contribution in [0.1, 0.15) is 23.4 Å². The van der Waals surface area contributed by atoms with Crippen molar-refractivity contribution in [3.8, 4) is 11.3 Å². The van der Waals surface area contributed by atoms with Gasteiger partial charge in [-0.2, -0.15) is 0 Å². The van der Waals surface area contributed by atoms with Crippen LogP contribution in [0.15, 0.2) is 53.1 Å².